The van der Waals surface area contributed by atoms with Crippen molar-refractivity contribution in [3.63, 3.8) is 0 Å². The molecule has 96 valence electrons. The minimum absolute atomic E-state index is 0.311. The second kappa shape index (κ2) is 6.22. The maximum Gasteiger partial charge on any atom is 0.124 e. The molecular formula is C14H9ClFIN2. The van der Waals surface area contributed by atoms with Crippen LogP contribution in [0, 0.1) is 20.7 Å². The highest BCUT2D eigenvalue weighted by atomic mass is 127. The molecule has 0 aromatic heterocycles. The van der Waals surface area contributed by atoms with Crippen LogP contribution < -0.4 is 5.32 Å². The Bertz CT molecular complexity index is 652. The van der Waals surface area contributed by atoms with Gasteiger partial charge in [-0.05, 0) is 64.6 Å². The van der Waals surface area contributed by atoms with E-state index in [1.165, 1.54) is 12.1 Å². The molecule has 0 saturated carbocycles. The second-order valence-corrected chi connectivity index (χ2v) is 5.59. The highest BCUT2D eigenvalue weighted by Crippen LogP contribution is 2.24. The highest BCUT2D eigenvalue weighted by molar-refractivity contribution is 14.1. The zero-order chi connectivity index (χ0) is 13.8. The molecule has 2 aromatic carbocycles. The predicted octanol–water partition coefficient (Wildman–Crippen LogP) is 4.57. The van der Waals surface area contributed by atoms with Gasteiger partial charge in [0, 0.05) is 10.1 Å². The fourth-order valence-corrected chi connectivity index (χ4v) is 2.57. The number of hydrogen-bond acceptors (Lipinski definition) is 2. The third kappa shape index (κ3) is 3.82. The smallest absolute Gasteiger partial charge is 0.124 e. The summed E-state index contributed by atoms with van der Waals surface area (Å²) in [5, 5.41) is 12.5. The van der Waals surface area contributed by atoms with Crippen molar-refractivity contribution < 1.29 is 4.39 Å². The lowest BCUT2D eigenvalue weighted by Gasteiger charge is -2.09. The van der Waals surface area contributed by atoms with Crippen LogP contribution in [0.4, 0.5) is 10.1 Å². The maximum absolute atomic E-state index is 13.3. The lowest BCUT2D eigenvalue weighted by atomic mass is 10.1. The molecule has 2 nitrogen and oxygen atoms in total. The number of anilines is 1. The zero-order valence-corrected chi connectivity index (χ0v) is 12.7. The molecule has 5 heteroatoms. The summed E-state index contributed by atoms with van der Waals surface area (Å²) in [6.07, 6.45) is 0. The minimum atomic E-state index is -0.412. The molecule has 0 aliphatic heterocycles. The van der Waals surface area contributed by atoms with Gasteiger partial charge >= 0.3 is 0 Å². The van der Waals surface area contributed by atoms with Crippen molar-refractivity contribution in [3.8, 4) is 6.07 Å². The van der Waals surface area contributed by atoms with E-state index in [0.717, 1.165) is 9.26 Å². The molecule has 0 radical (unpaired) electrons. The normalized spacial score (nSPS) is 10.0. The van der Waals surface area contributed by atoms with E-state index >= 15 is 0 Å². The molecule has 0 fully saturated rings. The van der Waals surface area contributed by atoms with Crippen molar-refractivity contribution in [2.75, 3.05) is 5.32 Å². The van der Waals surface area contributed by atoms with Crippen LogP contribution in [0.15, 0.2) is 36.4 Å². The molecular weight excluding hydrogens is 378 g/mol. The Hall–Kier alpha value is -1.32. The third-order valence-corrected chi connectivity index (χ3v) is 3.48. The van der Waals surface area contributed by atoms with Crippen LogP contribution in [-0.4, -0.2) is 0 Å². The summed E-state index contributed by atoms with van der Waals surface area (Å²) >= 11 is 8.27. The van der Waals surface area contributed by atoms with Gasteiger partial charge in [-0.25, -0.2) is 4.39 Å². The van der Waals surface area contributed by atoms with E-state index in [2.05, 4.69) is 27.9 Å². The van der Waals surface area contributed by atoms with Gasteiger partial charge in [-0.3, -0.25) is 0 Å². The number of nitriles is 1. The van der Waals surface area contributed by atoms with E-state index < -0.39 is 5.82 Å². The van der Waals surface area contributed by atoms with E-state index in [4.69, 9.17) is 16.9 Å². The van der Waals surface area contributed by atoms with Crippen molar-refractivity contribution >= 4 is 39.9 Å². The Balaban J connectivity index is 2.14. The Morgan fingerprint density at radius 2 is 2.05 bits per heavy atom. The Morgan fingerprint density at radius 3 is 2.74 bits per heavy atom. The van der Waals surface area contributed by atoms with E-state index in [9.17, 15) is 4.39 Å². The number of benzene rings is 2. The molecule has 0 aliphatic rings. The Labute approximate surface area is 129 Å². The summed E-state index contributed by atoms with van der Waals surface area (Å²) in [5.74, 6) is -0.412. The molecule has 0 atom stereocenters. The first-order chi connectivity index (χ1) is 9.08. The maximum atomic E-state index is 13.3. The van der Waals surface area contributed by atoms with Crippen LogP contribution in [0.25, 0.3) is 0 Å². The van der Waals surface area contributed by atoms with E-state index in [0.29, 0.717) is 22.7 Å². The Morgan fingerprint density at radius 1 is 1.26 bits per heavy atom. The standard InChI is InChI=1S/C14H9ClFIN2/c15-13-6-12(17)1-2-14(13)19-8-10-3-9(7-18)4-11(16)5-10/h1-6,19H,8H2. The summed E-state index contributed by atoms with van der Waals surface area (Å²) in [7, 11) is 0. The van der Waals surface area contributed by atoms with E-state index in [1.54, 1.807) is 6.07 Å². The largest absolute Gasteiger partial charge is 0.380 e. The molecule has 0 unspecified atom stereocenters. The first-order valence-electron chi connectivity index (χ1n) is 5.47. The van der Waals surface area contributed by atoms with E-state index in [1.807, 2.05) is 24.3 Å². The summed E-state index contributed by atoms with van der Waals surface area (Å²) in [6.45, 7) is 0.409. The molecule has 0 heterocycles. The third-order valence-electron chi connectivity index (χ3n) is 2.50. The van der Waals surface area contributed by atoms with Crippen LogP contribution >= 0.6 is 34.2 Å². The van der Waals surface area contributed by atoms with Gasteiger partial charge in [0.25, 0.3) is 0 Å². The van der Waals surface area contributed by atoms with Gasteiger partial charge in [-0.15, -0.1) is 0 Å². The van der Waals surface area contributed by atoms with E-state index in [-0.39, 0.29) is 0 Å². The Kier molecular flexibility index (Phi) is 4.61. The van der Waals surface area contributed by atoms with Crippen LogP contribution in [0.3, 0.4) is 0 Å². The molecule has 0 aliphatic carbocycles. The fourth-order valence-electron chi connectivity index (χ4n) is 1.65. The SMILES string of the molecule is N#Cc1cc(F)cc(CNc2ccc(I)cc2Cl)c1. The van der Waals surface area contributed by atoms with Gasteiger partial charge in [0.2, 0.25) is 0 Å². The molecule has 0 amide bonds. The van der Waals surface area contributed by atoms with Crippen LogP contribution in [0.2, 0.25) is 5.02 Å². The quantitative estimate of drug-likeness (QED) is 0.785. The molecule has 2 aromatic rings. The molecule has 1 N–H and O–H groups in total. The average molecular weight is 387 g/mol. The first-order valence-corrected chi connectivity index (χ1v) is 6.92. The monoisotopic (exact) mass is 386 g/mol. The highest BCUT2D eigenvalue weighted by Gasteiger charge is 2.03. The number of nitrogens with one attached hydrogen (secondary N) is 1. The summed E-state index contributed by atoms with van der Waals surface area (Å²) < 4.78 is 14.3. The zero-order valence-electron chi connectivity index (χ0n) is 9.75. The lowest BCUT2D eigenvalue weighted by molar-refractivity contribution is 0.625. The summed E-state index contributed by atoms with van der Waals surface area (Å²) in [6, 6.07) is 11.8. The minimum Gasteiger partial charge on any atom is -0.380 e. The summed E-state index contributed by atoms with van der Waals surface area (Å²) in [4.78, 5) is 0. The molecule has 2 rings (SSSR count). The van der Waals surface area contributed by atoms with Crippen LogP contribution in [0.1, 0.15) is 11.1 Å². The summed E-state index contributed by atoms with van der Waals surface area (Å²) in [5.41, 5.74) is 1.79. The number of halogens is 3. The molecule has 0 saturated heterocycles. The number of rotatable bonds is 3. The fraction of sp³-hybridized carbons (Fsp3) is 0.0714. The predicted molar refractivity (Wildman–Crippen MR) is 82.6 cm³/mol. The van der Waals surface area contributed by atoms with Gasteiger partial charge in [-0.1, -0.05) is 11.6 Å². The topological polar surface area (TPSA) is 35.8 Å². The van der Waals surface area contributed by atoms with Crippen molar-refractivity contribution in [3.05, 3.63) is 61.9 Å². The second-order valence-electron chi connectivity index (χ2n) is 3.94. The van der Waals surface area contributed by atoms with Crippen LogP contribution in [0.5, 0.6) is 0 Å². The first kappa shape index (κ1) is 14.1. The lowest BCUT2D eigenvalue weighted by Crippen LogP contribution is -2.01. The van der Waals surface area contributed by atoms with Crippen molar-refractivity contribution in [2.24, 2.45) is 0 Å². The van der Waals surface area contributed by atoms with Crippen molar-refractivity contribution in [1.29, 1.82) is 5.26 Å². The van der Waals surface area contributed by atoms with Crippen molar-refractivity contribution in [2.45, 2.75) is 6.54 Å². The van der Waals surface area contributed by atoms with Crippen molar-refractivity contribution in [1.82, 2.24) is 0 Å². The van der Waals surface area contributed by atoms with Gasteiger partial charge in [-0.2, -0.15) is 5.26 Å². The molecule has 0 bridgehead atoms. The van der Waals surface area contributed by atoms with Gasteiger partial charge in [0.15, 0.2) is 0 Å². The van der Waals surface area contributed by atoms with Gasteiger partial charge in [0.05, 0.1) is 22.3 Å². The molecule has 19 heavy (non-hydrogen) atoms. The average Bonchev–Trinajstić information content (AvgIpc) is 2.37. The number of hydrogen-bond donors (Lipinski definition) is 1. The van der Waals surface area contributed by atoms with Gasteiger partial charge in [0.1, 0.15) is 5.82 Å². The van der Waals surface area contributed by atoms with Gasteiger partial charge < -0.3 is 5.32 Å². The number of nitrogens with zero attached hydrogens (tertiary/aromatic N) is 1. The molecule has 0 spiro atoms. The van der Waals surface area contributed by atoms with Crippen LogP contribution in [-0.2, 0) is 6.54 Å².